The summed E-state index contributed by atoms with van der Waals surface area (Å²) in [4.78, 5) is 11.9. The van der Waals surface area contributed by atoms with Gasteiger partial charge in [0.25, 0.3) is 5.91 Å². The van der Waals surface area contributed by atoms with E-state index in [-0.39, 0.29) is 12.5 Å². The first kappa shape index (κ1) is 15.8. The van der Waals surface area contributed by atoms with Crippen LogP contribution in [0.25, 0.3) is 0 Å². The van der Waals surface area contributed by atoms with Gasteiger partial charge in [-0.25, -0.2) is 4.68 Å². The number of nitrogens with zero attached hydrogens (tertiary/aromatic N) is 2. The van der Waals surface area contributed by atoms with Crippen LogP contribution in [0.4, 0.5) is 5.82 Å². The van der Waals surface area contributed by atoms with Gasteiger partial charge in [-0.15, -0.1) is 0 Å². The third kappa shape index (κ3) is 5.04. The van der Waals surface area contributed by atoms with Crippen LogP contribution in [-0.4, -0.2) is 22.3 Å². The maximum atomic E-state index is 11.9. The molecule has 112 valence electrons. The SMILES string of the molecule is CCCCn1nccc1NC(=O)COc1ccc(I)cc1. The van der Waals surface area contributed by atoms with E-state index in [0.717, 1.165) is 23.0 Å². The molecule has 2 rings (SSSR count). The number of amides is 1. The highest BCUT2D eigenvalue weighted by Gasteiger charge is 2.07. The van der Waals surface area contributed by atoms with E-state index in [0.29, 0.717) is 11.6 Å². The van der Waals surface area contributed by atoms with Gasteiger partial charge in [0.15, 0.2) is 6.61 Å². The van der Waals surface area contributed by atoms with Crippen LogP contribution in [0.15, 0.2) is 36.5 Å². The number of unbranched alkanes of at least 4 members (excludes halogenated alkanes) is 1. The predicted octanol–water partition coefficient (Wildman–Crippen LogP) is 3.31. The Kier molecular flexibility index (Phi) is 6.04. The minimum absolute atomic E-state index is 0.0143. The molecule has 6 heteroatoms. The highest BCUT2D eigenvalue weighted by Crippen LogP contribution is 2.13. The molecule has 0 fully saturated rings. The number of aryl methyl sites for hydroxylation is 1. The van der Waals surface area contributed by atoms with Crippen LogP contribution in [0.1, 0.15) is 19.8 Å². The molecule has 1 heterocycles. The summed E-state index contributed by atoms with van der Waals surface area (Å²) in [6.07, 6.45) is 3.80. The van der Waals surface area contributed by atoms with Gasteiger partial charge in [0.05, 0.1) is 6.20 Å². The summed E-state index contributed by atoms with van der Waals surface area (Å²) in [7, 11) is 0. The Morgan fingerprint density at radius 2 is 2.10 bits per heavy atom. The predicted molar refractivity (Wildman–Crippen MR) is 90.4 cm³/mol. The van der Waals surface area contributed by atoms with Crippen LogP contribution in [0.2, 0.25) is 0 Å². The topological polar surface area (TPSA) is 56.2 Å². The first-order valence-electron chi connectivity index (χ1n) is 6.89. The van der Waals surface area contributed by atoms with Gasteiger partial charge in [-0.1, -0.05) is 13.3 Å². The molecule has 0 aliphatic rings. The second-order valence-corrected chi connectivity index (χ2v) is 5.83. The van der Waals surface area contributed by atoms with Crippen molar-refractivity contribution in [3.8, 4) is 5.75 Å². The van der Waals surface area contributed by atoms with Crippen molar-refractivity contribution >= 4 is 34.3 Å². The second-order valence-electron chi connectivity index (χ2n) is 4.58. The van der Waals surface area contributed by atoms with Crippen molar-refractivity contribution in [2.24, 2.45) is 0 Å². The summed E-state index contributed by atoms with van der Waals surface area (Å²) in [5.41, 5.74) is 0. The summed E-state index contributed by atoms with van der Waals surface area (Å²) in [6, 6.07) is 9.36. The van der Waals surface area contributed by atoms with Crippen molar-refractivity contribution in [1.82, 2.24) is 9.78 Å². The van der Waals surface area contributed by atoms with Crippen LogP contribution in [0, 0.1) is 3.57 Å². The Morgan fingerprint density at radius 1 is 1.33 bits per heavy atom. The summed E-state index contributed by atoms with van der Waals surface area (Å²) in [5, 5.41) is 7.01. The number of rotatable bonds is 7. The average Bonchev–Trinajstić information content (AvgIpc) is 2.91. The van der Waals surface area contributed by atoms with Crippen molar-refractivity contribution < 1.29 is 9.53 Å². The number of hydrogen-bond donors (Lipinski definition) is 1. The van der Waals surface area contributed by atoms with Gasteiger partial charge >= 0.3 is 0 Å². The van der Waals surface area contributed by atoms with Gasteiger partial charge in [0.2, 0.25) is 0 Å². The number of anilines is 1. The third-order valence-electron chi connectivity index (χ3n) is 2.89. The Balaban J connectivity index is 1.84. The van der Waals surface area contributed by atoms with Crippen LogP contribution >= 0.6 is 22.6 Å². The van der Waals surface area contributed by atoms with Crippen molar-refractivity contribution in [2.45, 2.75) is 26.3 Å². The van der Waals surface area contributed by atoms with E-state index in [1.807, 2.05) is 24.3 Å². The molecule has 2 aromatic rings. The summed E-state index contributed by atoms with van der Waals surface area (Å²) < 4.78 is 8.37. The molecule has 1 amide bonds. The van der Waals surface area contributed by atoms with Crippen LogP contribution in [0.5, 0.6) is 5.75 Å². The van der Waals surface area contributed by atoms with Crippen molar-refractivity contribution in [1.29, 1.82) is 0 Å². The molecule has 1 N–H and O–H groups in total. The molecule has 0 radical (unpaired) electrons. The molecule has 5 nitrogen and oxygen atoms in total. The number of benzene rings is 1. The number of ether oxygens (including phenoxy) is 1. The van der Waals surface area contributed by atoms with E-state index in [2.05, 4.69) is 39.9 Å². The molecule has 21 heavy (non-hydrogen) atoms. The fourth-order valence-electron chi connectivity index (χ4n) is 1.78. The second kappa shape index (κ2) is 8.02. The molecular weight excluding hydrogens is 381 g/mol. The Labute approximate surface area is 137 Å². The molecule has 0 spiro atoms. The van der Waals surface area contributed by atoms with E-state index < -0.39 is 0 Å². The smallest absolute Gasteiger partial charge is 0.263 e. The number of halogens is 1. The molecule has 0 saturated carbocycles. The van der Waals surface area contributed by atoms with Gasteiger partial charge in [-0.3, -0.25) is 4.79 Å². The monoisotopic (exact) mass is 399 g/mol. The number of carbonyl (C=O) groups excluding carboxylic acids is 1. The quantitative estimate of drug-likeness (QED) is 0.727. The molecule has 0 unspecified atom stereocenters. The lowest BCUT2D eigenvalue weighted by molar-refractivity contribution is -0.118. The van der Waals surface area contributed by atoms with E-state index in [9.17, 15) is 4.79 Å². The van der Waals surface area contributed by atoms with Gasteiger partial charge < -0.3 is 10.1 Å². The molecule has 0 bridgehead atoms. The van der Waals surface area contributed by atoms with Gasteiger partial charge in [0.1, 0.15) is 11.6 Å². The van der Waals surface area contributed by atoms with Crippen molar-refractivity contribution in [2.75, 3.05) is 11.9 Å². The molecule has 0 atom stereocenters. The zero-order valence-corrected chi connectivity index (χ0v) is 14.0. The average molecular weight is 399 g/mol. The largest absolute Gasteiger partial charge is 0.484 e. The highest BCUT2D eigenvalue weighted by atomic mass is 127. The highest BCUT2D eigenvalue weighted by molar-refractivity contribution is 14.1. The number of carbonyl (C=O) groups is 1. The molecule has 0 aliphatic carbocycles. The first-order valence-corrected chi connectivity index (χ1v) is 7.97. The minimum atomic E-state index is -0.188. The van der Waals surface area contributed by atoms with E-state index >= 15 is 0 Å². The number of aromatic nitrogens is 2. The first-order chi connectivity index (χ1) is 10.2. The van der Waals surface area contributed by atoms with E-state index in [4.69, 9.17) is 4.74 Å². The fraction of sp³-hybridized carbons (Fsp3) is 0.333. The maximum absolute atomic E-state index is 11.9. The van der Waals surface area contributed by atoms with Gasteiger partial charge in [0, 0.05) is 16.2 Å². The zero-order chi connectivity index (χ0) is 15.1. The standard InChI is InChI=1S/C15H18IN3O2/c1-2-3-10-19-14(8-9-17-19)18-15(20)11-21-13-6-4-12(16)5-7-13/h4-9H,2-3,10-11H2,1H3,(H,18,20). The summed E-state index contributed by atoms with van der Waals surface area (Å²) >= 11 is 2.22. The lowest BCUT2D eigenvalue weighted by Crippen LogP contribution is -2.22. The third-order valence-corrected chi connectivity index (χ3v) is 3.61. The zero-order valence-electron chi connectivity index (χ0n) is 11.9. The van der Waals surface area contributed by atoms with E-state index in [1.165, 1.54) is 0 Å². The van der Waals surface area contributed by atoms with Gasteiger partial charge in [-0.05, 0) is 53.3 Å². The summed E-state index contributed by atoms with van der Waals surface area (Å²) in [5.74, 6) is 1.21. The van der Waals surface area contributed by atoms with Crippen LogP contribution < -0.4 is 10.1 Å². The molecule has 0 saturated heterocycles. The molecular formula is C15H18IN3O2. The van der Waals surface area contributed by atoms with Crippen LogP contribution in [-0.2, 0) is 11.3 Å². The molecule has 0 aliphatic heterocycles. The number of hydrogen-bond acceptors (Lipinski definition) is 3. The Morgan fingerprint density at radius 3 is 2.81 bits per heavy atom. The lowest BCUT2D eigenvalue weighted by atomic mass is 10.3. The normalized spacial score (nSPS) is 10.4. The van der Waals surface area contributed by atoms with Crippen molar-refractivity contribution in [3.05, 3.63) is 40.1 Å². The fourth-order valence-corrected chi connectivity index (χ4v) is 2.14. The van der Waals surface area contributed by atoms with Crippen molar-refractivity contribution in [3.63, 3.8) is 0 Å². The maximum Gasteiger partial charge on any atom is 0.263 e. The number of nitrogens with one attached hydrogen (secondary N) is 1. The Bertz CT molecular complexity index is 581. The van der Waals surface area contributed by atoms with Crippen LogP contribution in [0.3, 0.4) is 0 Å². The van der Waals surface area contributed by atoms with Gasteiger partial charge in [-0.2, -0.15) is 5.10 Å². The van der Waals surface area contributed by atoms with E-state index in [1.54, 1.807) is 16.9 Å². The minimum Gasteiger partial charge on any atom is -0.484 e. The molecule has 1 aromatic heterocycles. The Hall–Kier alpha value is -1.57. The summed E-state index contributed by atoms with van der Waals surface area (Å²) in [6.45, 7) is 2.91. The molecule has 1 aromatic carbocycles. The lowest BCUT2D eigenvalue weighted by Gasteiger charge is -2.09.